The number of nitrogens with one attached hydrogen (secondary N) is 1. The number of hydrogen-bond donors (Lipinski definition) is 1. The van der Waals surface area contributed by atoms with Crippen LogP contribution in [-0.4, -0.2) is 44.4 Å². The fourth-order valence-electron chi connectivity index (χ4n) is 5.72. The van der Waals surface area contributed by atoms with Gasteiger partial charge in [0, 0.05) is 31.0 Å². The number of carbonyl (C=O) groups is 1. The maximum Gasteiger partial charge on any atom is 0.416 e. The molecule has 0 bridgehead atoms. The lowest BCUT2D eigenvalue weighted by molar-refractivity contribution is -0.137. The first-order valence-electron chi connectivity index (χ1n) is 12.6. The van der Waals surface area contributed by atoms with Gasteiger partial charge in [-0.3, -0.25) is 4.79 Å². The molecule has 2 aromatic heterocycles. The number of hydrogen-bond acceptors (Lipinski definition) is 5. The van der Waals surface area contributed by atoms with E-state index < -0.39 is 17.7 Å². The first kappa shape index (κ1) is 25.2. The Bertz CT molecular complexity index is 1300. The molecule has 1 amide bonds. The fraction of sp³-hybridized carbons (Fsp3) is 0.429. The van der Waals surface area contributed by atoms with Crippen molar-refractivity contribution in [1.29, 1.82) is 0 Å². The summed E-state index contributed by atoms with van der Waals surface area (Å²) in [6.45, 7) is 7.00. The second-order valence-electron chi connectivity index (χ2n) is 10.5. The summed E-state index contributed by atoms with van der Waals surface area (Å²) >= 11 is 0. The number of pyridine rings is 1. The summed E-state index contributed by atoms with van der Waals surface area (Å²) in [6.07, 6.45) is 1.62. The van der Waals surface area contributed by atoms with Gasteiger partial charge < -0.3 is 10.2 Å². The zero-order valence-corrected chi connectivity index (χ0v) is 21.1. The maximum absolute atomic E-state index is 13.5. The van der Waals surface area contributed by atoms with Crippen LogP contribution in [0.15, 0.2) is 48.8 Å². The van der Waals surface area contributed by atoms with E-state index in [9.17, 15) is 18.0 Å². The molecule has 9 heteroatoms. The van der Waals surface area contributed by atoms with Crippen molar-refractivity contribution in [2.24, 2.45) is 5.92 Å². The highest BCUT2D eigenvalue weighted by Crippen LogP contribution is 2.40. The number of aryl methyl sites for hydroxylation is 2. The Hall–Kier alpha value is -3.49. The number of piperidine rings is 1. The van der Waals surface area contributed by atoms with Crippen LogP contribution in [0.1, 0.15) is 55.0 Å². The molecule has 2 aliphatic rings. The van der Waals surface area contributed by atoms with Gasteiger partial charge in [0.1, 0.15) is 5.82 Å². The quantitative estimate of drug-likeness (QED) is 0.495. The zero-order chi connectivity index (χ0) is 26.4. The minimum atomic E-state index is -4.40. The molecule has 1 spiro atoms. The molecule has 37 heavy (non-hydrogen) atoms. The Kier molecular flexibility index (Phi) is 6.41. The molecule has 0 saturated carbocycles. The zero-order valence-electron chi connectivity index (χ0n) is 21.1. The van der Waals surface area contributed by atoms with Gasteiger partial charge in [-0.05, 0) is 74.4 Å². The number of benzene rings is 1. The molecular weight excluding hydrogens is 479 g/mol. The van der Waals surface area contributed by atoms with Gasteiger partial charge in [-0.2, -0.15) is 13.2 Å². The van der Waals surface area contributed by atoms with Crippen LogP contribution in [0.4, 0.5) is 19.0 Å². The highest BCUT2D eigenvalue weighted by atomic mass is 19.4. The van der Waals surface area contributed by atoms with Crippen LogP contribution in [0.2, 0.25) is 0 Å². The van der Waals surface area contributed by atoms with E-state index >= 15 is 0 Å². The average Bonchev–Trinajstić information content (AvgIpc) is 2.87. The summed E-state index contributed by atoms with van der Waals surface area (Å²) in [5.74, 6) is 1.15. The standard InChI is InChI=1S/C28H30F3N5O/c1-17-14-27(10-9-21-13-23(19(3)34-24(21)35-27)25-32-11-4-12-33-25)16-36(15-17)26(37)18(2)20-5-7-22(8-6-20)28(29,30)31/h4-8,11-13,17-18H,9-10,14-16H2,1-3H3,(H,34,35)/t17-,18-,27+/m1/s1. The van der Waals surface area contributed by atoms with Crippen LogP contribution in [0, 0.1) is 12.8 Å². The summed E-state index contributed by atoms with van der Waals surface area (Å²) < 4.78 is 38.9. The van der Waals surface area contributed by atoms with Crippen LogP contribution < -0.4 is 5.32 Å². The second kappa shape index (κ2) is 9.43. The molecule has 0 unspecified atom stereocenters. The topological polar surface area (TPSA) is 71.0 Å². The summed E-state index contributed by atoms with van der Waals surface area (Å²) in [5, 5.41) is 3.68. The molecule has 1 saturated heterocycles. The molecule has 1 N–H and O–H groups in total. The molecule has 3 atom stereocenters. The molecular formula is C28H30F3N5O. The highest BCUT2D eigenvalue weighted by Gasteiger charge is 2.43. The third-order valence-corrected chi connectivity index (χ3v) is 7.54. The number of halogens is 3. The number of alkyl halides is 3. The number of anilines is 1. The lowest BCUT2D eigenvalue weighted by Crippen LogP contribution is -2.59. The van der Waals surface area contributed by atoms with Gasteiger partial charge in [0.2, 0.25) is 5.91 Å². The fourth-order valence-corrected chi connectivity index (χ4v) is 5.72. The molecule has 3 aromatic rings. The smallest absolute Gasteiger partial charge is 0.363 e. The first-order valence-corrected chi connectivity index (χ1v) is 12.6. The summed E-state index contributed by atoms with van der Waals surface area (Å²) in [6, 6.07) is 8.79. The summed E-state index contributed by atoms with van der Waals surface area (Å²) in [4.78, 5) is 29.0. The maximum atomic E-state index is 13.5. The molecule has 194 valence electrons. The molecule has 2 aliphatic heterocycles. The van der Waals surface area contributed by atoms with Crippen molar-refractivity contribution in [3.8, 4) is 11.4 Å². The average molecular weight is 510 g/mol. The largest absolute Gasteiger partial charge is 0.416 e. The minimum absolute atomic E-state index is 0.0704. The normalized spacial score (nSPS) is 22.3. The van der Waals surface area contributed by atoms with Crippen LogP contribution in [0.5, 0.6) is 0 Å². The van der Waals surface area contributed by atoms with Crippen molar-refractivity contribution in [1.82, 2.24) is 19.9 Å². The number of fused-ring (bicyclic) bond motifs is 1. The Morgan fingerprint density at radius 1 is 1.19 bits per heavy atom. The van der Waals surface area contributed by atoms with Gasteiger partial charge in [0.15, 0.2) is 5.82 Å². The number of aromatic nitrogens is 3. The number of amides is 1. The van der Waals surface area contributed by atoms with E-state index in [2.05, 4.69) is 28.3 Å². The van der Waals surface area contributed by atoms with E-state index in [1.54, 1.807) is 25.4 Å². The van der Waals surface area contributed by atoms with E-state index in [1.807, 2.05) is 11.8 Å². The van der Waals surface area contributed by atoms with Crippen molar-refractivity contribution in [2.45, 2.75) is 57.7 Å². The van der Waals surface area contributed by atoms with Gasteiger partial charge in [-0.25, -0.2) is 15.0 Å². The van der Waals surface area contributed by atoms with Gasteiger partial charge in [0.05, 0.1) is 22.7 Å². The predicted octanol–water partition coefficient (Wildman–Crippen LogP) is 5.63. The van der Waals surface area contributed by atoms with Crippen molar-refractivity contribution >= 4 is 11.7 Å². The van der Waals surface area contributed by atoms with E-state index in [0.717, 1.165) is 54.0 Å². The highest BCUT2D eigenvalue weighted by molar-refractivity contribution is 5.83. The van der Waals surface area contributed by atoms with Crippen LogP contribution in [0.25, 0.3) is 11.4 Å². The van der Waals surface area contributed by atoms with Gasteiger partial charge in [-0.1, -0.05) is 19.1 Å². The molecule has 1 aromatic carbocycles. The number of nitrogens with zero attached hydrogens (tertiary/aromatic N) is 4. The summed E-state index contributed by atoms with van der Waals surface area (Å²) in [7, 11) is 0. The lowest BCUT2D eigenvalue weighted by atomic mass is 9.76. The molecule has 0 aliphatic carbocycles. The Labute approximate surface area is 214 Å². The molecule has 5 rings (SSSR count). The van der Waals surface area contributed by atoms with E-state index in [4.69, 9.17) is 4.98 Å². The Morgan fingerprint density at radius 3 is 2.57 bits per heavy atom. The second-order valence-corrected chi connectivity index (χ2v) is 10.5. The van der Waals surface area contributed by atoms with Crippen molar-refractivity contribution < 1.29 is 18.0 Å². The van der Waals surface area contributed by atoms with Gasteiger partial charge in [0.25, 0.3) is 0 Å². The number of rotatable bonds is 3. The van der Waals surface area contributed by atoms with Gasteiger partial charge in [-0.15, -0.1) is 0 Å². The first-order chi connectivity index (χ1) is 17.5. The Balaban J connectivity index is 1.35. The molecule has 6 nitrogen and oxygen atoms in total. The minimum Gasteiger partial charge on any atom is -0.363 e. The summed E-state index contributed by atoms with van der Waals surface area (Å²) in [5.41, 5.74) is 2.42. The van der Waals surface area contributed by atoms with Crippen LogP contribution in [0.3, 0.4) is 0 Å². The van der Waals surface area contributed by atoms with Crippen molar-refractivity contribution in [3.05, 3.63) is 71.2 Å². The number of carbonyl (C=O) groups excluding carboxylic acids is 1. The third kappa shape index (κ3) is 5.04. The van der Waals surface area contributed by atoms with Crippen LogP contribution in [-0.2, 0) is 17.4 Å². The Morgan fingerprint density at radius 2 is 1.89 bits per heavy atom. The van der Waals surface area contributed by atoms with Crippen molar-refractivity contribution in [2.75, 3.05) is 18.4 Å². The SMILES string of the molecule is Cc1nc2c(cc1-c1ncccn1)CC[C@@]1(C[C@@H](C)CN(C(=O)[C@H](C)c3ccc(C(F)(F)F)cc3)C1)N2. The monoisotopic (exact) mass is 509 g/mol. The molecule has 0 radical (unpaired) electrons. The van der Waals surface area contributed by atoms with E-state index in [0.29, 0.717) is 24.5 Å². The van der Waals surface area contributed by atoms with E-state index in [1.165, 1.54) is 12.1 Å². The third-order valence-electron chi connectivity index (χ3n) is 7.54. The predicted molar refractivity (Wildman–Crippen MR) is 135 cm³/mol. The lowest BCUT2D eigenvalue weighted by Gasteiger charge is -2.49. The number of likely N-dealkylation sites (tertiary alicyclic amines) is 1. The van der Waals surface area contributed by atoms with Gasteiger partial charge >= 0.3 is 6.18 Å². The van der Waals surface area contributed by atoms with Crippen molar-refractivity contribution in [3.63, 3.8) is 0 Å². The molecule has 4 heterocycles. The molecule has 1 fully saturated rings. The van der Waals surface area contributed by atoms with Crippen LogP contribution >= 0.6 is 0 Å². The van der Waals surface area contributed by atoms with E-state index in [-0.39, 0.29) is 17.4 Å².